The smallest absolute Gasteiger partial charge is 0.410 e. The predicted molar refractivity (Wildman–Crippen MR) is 119 cm³/mol. The van der Waals surface area contributed by atoms with Gasteiger partial charge in [0, 0.05) is 30.7 Å². The SMILES string of the molecule is CN1C(=O)[C@@H](NC(=O)Oc2ccc([N+](=O)[O-])cc2)N=C(C2CCCCC2)c2ccccc21. The van der Waals surface area contributed by atoms with Crippen molar-refractivity contribution >= 4 is 29.1 Å². The molecule has 2 aromatic carbocycles. The lowest BCUT2D eigenvalue weighted by Crippen LogP contribution is -2.47. The fourth-order valence-electron chi connectivity index (χ4n) is 4.23. The largest absolute Gasteiger partial charge is 0.414 e. The van der Waals surface area contributed by atoms with Gasteiger partial charge >= 0.3 is 6.09 Å². The number of benzene rings is 2. The van der Waals surface area contributed by atoms with Crippen molar-refractivity contribution < 1.29 is 19.2 Å². The minimum atomic E-state index is -1.13. The monoisotopic (exact) mass is 436 g/mol. The van der Waals surface area contributed by atoms with Crippen LogP contribution in [0.2, 0.25) is 0 Å². The number of non-ortho nitro benzene ring substituents is 1. The molecule has 2 amide bonds. The van der Waals surface area contributed by atoms with Crippen LogP contribution in [0.3, 0.4) is 0 Å². The van der Waals surface area contributed by atoms with Crippen LogP contribution in [0.25, 0.3) is 0 Å². The summed E-state index contributed by atoms with van der Waals surface area (Å²) >= 11 is 0. The highest BCUT2D eigenvalue weighted by Crippen LogP contribution is 2.33. The Morgan fingerprint density at radius 1 is 1.12 bits per heavy atom. The molecule has 166 valence electrons. The number of hydrogen-bond acceptors (Lipinski definition) is 6. The van der Waals surface area contributed by atoms with Crippen LogP contribution in [0.1, 0.15) is 37.7 Å². The van der Waals surface area contributed by atoms with Crippen molar-refractivity contribution in [2.45, 2.75) is 38.3 Å². The van der Waals surface area contributed by atoms with Gasteiger partial charge in [-0.1, -0.05) is 37.5 Å². The quantitative estimate of drug-likeness (QED) is 0.573. The average molecular weight is 436 g/mol. The van der Waals surface area contributed by atoms with E-state index in [1.165, 1.54) is 35.6 Å². The molecule has 0 radical (unpaired) electrons. The summed E-state index contributed by atoms with van der Waals surface area (Å²) in [6.07, 6.45) is 3.40. The molecule has 1 heterocycles. The Morgan fingerprint density at radius 3 is 2.50 bits per heavy atom. The number of nitro groups is 1. The van der Waals surface area contributed by atoms with E-state index in [1.807, 2.05) is 24.3 Å². The lowest BCUT2D eigenvalue weighted by atomic mass is 9.83. The predicted octanol–water partition coefficient (Wildman–Crippen LogP) is 4.06. The highest BCUT2D eigenvalue weighted by atomic mass is 16.6. The summed E-state index contributed by atoms with van der Waals surface area (Å²) in [6, 6.07) is 12.8. The molecule has 32 heavy (non-hydrogen) atoms. The molecule has 1 atom stereocenters. The maximum absolute atomic E-state index is 13.1. The summed E-state index contributed by atoms with van der Waals surface area (Å²) in [5.41, 5.74) is 2.38. The molecule has 1 N–H and O–H groups in total. The molecule has 2 aliphatic rings. The number of aliphatic imine (C=N–C) groups is 1. The number of ether oxygens (including phenoxy) is 1. The molecule has 0 aromatic heterocycles. The van der Waals surface area contributed by atoms with E-state index in [-0.39, 0.29) is 23.3 Å². The van der Waals surface area contributed by atoms with Gasteiger partial charge in [-0.3, -0.25) is 25.2 Å². The van der Waals surface area contributed by atoms with Crippen molar-refractivity contribution in [3.63, 3.8) is 0 Å². The number of likely N-dealkylation sites (N-methyl/N-ethyl adjacent to an activating group) is 1. The standard InChI is InChI=1S/C23H24N4O5/c1-26-19-10-6-5-9-18(19)20(15-7-3-2-4-8-15)24-21(22(26)28)25-23(29)32-17-13-11-16(12-14-17)27(30)31/h5-6,9-15,21H,2-4,7-8H2,1H3,(H,25,29)/t21-/m1/s1. The van der Waals surface area contributed by atoms with Crippen LogP contribution < -0.4 is 15.0 Å². The minimum Gasteiger partial charge on any atom is -0.410 e. The molecule has 9 heteroatoms. The van der Waals surface area contributed by atoms with Crippen LogP contribution >= 0.6 is 0 Å². The van der Waals surface area contributed by atoms with Crippen molar-refractivity contribution in [2.24, 2.45) is 10.9 Å². The van der Waals surface area contributed by atoms with Gasteiger partial charge in [-0.15, -0.1) is 0 Å². The molecule has 1 aliphatic heterocycles. The number of benzodiazepines with no additional fused rings is 1. The summed E-state index contributed by atoms with van der Waals surface area (Å²) < 4.78 is 5.22. The van der Waals surface area contributed by atoms with Gasteiger partial charge in [0.05, 0.1) is 16.3 Å². The number of carbonyl (C=O) groups excluding carboxylic acids is 2. The molecular weight excluding hydrogens is 412 g/mol. The second-order valence-electron chi connectivity index (χ2n) is 7.95. The van der Waals surface area contributed by atoms with Gasteiger partial charge in [-0.05, 0) is 31.0 Å². The normalized spacial score (nSPS) is 18.9. The van der Waals surface area contributed by atoms with E-state index < -0.39 is 17.2 Å². The van der Waals surface area contributed by atoms with Gasteiger partial charge in [-0.25, -0.2) is 4.79 Å². The van der Waals surface area contributed by atoms with Gasteiger partial charge in [0.1, 0.15) is 5.75 Å². The number of carbonyl (C=O) groups is 2. The zero-order valence-electron chi connectivity index (χ0n) is 17.7. The highest BCUT2D eigenvalue weighted by molar-refractivity contribution is 6.13. The number of amides is 2. The van der Waals surface area contributed by atoms with Crippen LogP contribution in [0.4, 0.5) is 16.2 Å². The maximum atomic E-state index is 13.1. The molecule has 1 aliphatic carbocycles. The lowest BCUT2D eigenvalue weighted by molar-refractivity contribution is -0.384. The first-order valence-corrected chi connectivity index (χ1v) is 10.6. The zero-order valence-corrected chi connectivity index (χ0v) is 17.7. The van der Waals surface area contributed by atoms with Crippen molar-refractivity contribution in [3.05, 3.63) is 64.2 Å². The third-order valence-corrected chi connectivity index (χ3v) is 5.88. The number of fused-ring (bicyclic) bond motifs is 1. The van der Waals surface area contributed by atoms with Crippen LogP contribution in [0, 0.1) is 16.0 Å². The number of nitrogens with one attached hydrogen (secondary N) is 1. The maximum Gasteiger partial charge on any atom is 0.414 e. The molecule has 0 spiro atoms. The van der Waals surface area contributed by atoms with Crippen LogP contribution in [0.15, 0.2) is 53.5 Å². The van der Waals surface area contributed by atoms with E-state index in [2.05, 4.69) is 5.32 Å². The second-order valence-corrected chi connectivity index (χ2v) is 7.95. The number of nitrogens with zero attached hydrogens (tertiary/aromatic N) is 3. The van der Waals surface area contributed by atoms with Gasteiger partial charge in [0.2, 0.25) is 6.17 Å². The second kappa shape index (κ2) is 9.17. The van der Waals surface area contributed by atoms with E-state index in [0.29, 0.717) is 0 Å². The molecule has 0 saturated heterocycles. The molecule has 4 rings (SSSR count). The van der Waals surface area contributed by atoms with E-state index >= 15 is 0 Å². The Balaban J connectivity index is 1.58. The molecule has 9 nitrogen and oxygen atoms in total. The summed E-state index contributed by atoms with van der Waals surface area (Å²) in [7, 11) is 1.66. The number of anilines is 1. The number of para-hydroxylation sites is 1. The van der Waals surface area contributed by atoms with Crippen molar-refractivity contribution in [3.8, 4) is 5.75 Å². The number of rotatable bonds is 4. The minimum absolute atomic E-state index is 0.113. The number of hydrogen-bond donors (Lipinski definition) is 1. The van der Waals surface area contributed by atoms with E-state index in [9.17, 15) is 19.7 Å². The Bertz CT molecular complexity index is 1060. The first-order chi connectivity index (χ1) is 15.4. The van der Waals surface area contributed by atoms with Gasteiger partial charge in [0.15, 0.2) is 0 Å². The van der Waals surface area contributed by atoms with Gasteiger partial charge < -0.3 is 9.64 Å². The molecular formula is C23H24N4O5. The van der Waals surface area contributed by atoms with Gasteiger partial charge in [-0.2, -0.15) is 0 Å². The van der Waals surface area contributed by atoms with E-state index in [4.69, 9.17) is 9.73 Å². The first-order valence-electron chi connectivity index (χ1n) is 10.6. The van der Waals surface area contributed by atoms with Crippen LogP contribution in [-0.2, 0) is 4.79 Å². The molecule has 0 bridgehead atoms. The summed E-state index contributed by atoms with van der Waals surface area (Å²) in [6.45, 7) is 0. The molecule has 1 fully saturated rings. The molecule has 2 aromatic rings. The molecule has 0 unspecified atom stereocenters. The Hall–Kier alpha value is -3.75. The lowest BCUT2D eigenvalue weighted by Gasteiger charge is -2.24. The third-order valence-electron chi connectivity index (χ3n) is 5.88. The molecule has 1 saturated carbocycles. The summed E-state index contributed by atoms with van der Waals surface area (Å²) in [5, 5.41) is 13.3. The summed E-state index contributed by atoms with van der Waals surface area (Å²) in [4.78, 5) is 42.1. The fraction of sp³-hybridized carbons (Fsp3) is 0.348. The first kappa shape index (κ1) is 21.5. The van der Waals surface area contributed by atoms with Gasteiger partial charge in [0.25, 0.3) is 11.6 Å². The van der Waals surface area contributed by atoms with Crippen molar-refractivity contribution in [1.29, 1.82) is 0 Å². The van der Waals surface area contributed by atoms with Crippen LogP contribution in [-0.4, -0.2) is 35.8 Å². The Kier molecular flexibility index (Phi) is 6.16. The fourth-order valence-corrected chi connectivity index (χ4v) is 4.23. The number of nitro benzene ring substituents is 1. The topological polar surface area (TPSA) is 114 Å². The third kappa shape index (κ3) is 4.46. The van der Waals surface area contributed by atoms with E-state index in [1.54, 1.807) is 7.05 Å². The highest BCUT2D eigenvalue weighted by Gasteiger charge is 2.33. The van der Waals surface area contributed by atoms with E-state index in [0.717, 1.165) is 42.6 Å². The Morgan fingerprint density at radius 2 is 1.81 bits per heavy atom. The Labute approximate surface area is 185 Å². The zero-order chi connectivity index (χ0) is 22.7. The average Bonchev–Trinajstić information content (AvgIpc) is 2.91. The summed E-state index contributed by atoms with van der Waals surface area (Å²) in [5.74, 6) is -0.0228. The van der Waals surface area contributed by atoms with Crippen molar-refractivity contribution in [1.82, 2.24) is 5.32 Å². The van der Waals surface area contributed by atoms with Crippen LogP contribution in [0.5, 0.6) is 5.75 Å². The van der Waals surface area contributed by atoms with Crippen molar-refractivity contribution in [2.75, 3.05) is 11.9 Å².